The third kappa shape index (κ3) is 4.16. The molecule has 17 heavy (non-hydrogen) atoms. The van der Waals surface area contributed by atoms with Crippen LogP contribution in [0.25, 0.3) is 0 Å². The molecule has 1 aliphatic rings. The second-order valence-electron chi connectivity index (χ2n) is 4.08. The summed E-state index contributed by atoms with van der Waals surface area (Å²) < 4.78 is 27.8. The van der Waals surface area contributed by atoms with Gasteiger partial charge in [-0.25, -0.2) is 13.2 Å². The first-order valence-corrected chi connectivity index (χ1v) is 7.56. The van der Waals surface area contributed by atoms with E-state index >= 15 is 0 Å². The molecule has 1 unspecified atom stereocenters. The number of carbonyl (C=O) groups is 1. The van der Waals surface area contributed by atoms with Crippen molar-refractivity contribution in [3.05, 3.63) is 0 Å². The number of rotatable bonds is 5. The van der Waals surface area contributed by atoms with Gasteiger partial charge in [0, 0.05) is 26.2 Å². The molecule has 0 aliphatic carbocycles. The Hall–Kier alpha value is -0.820. The number of nitrogens with zero attached hydrogens (tertiary/aromatic N) is 1. The standard InChI is InChI=1S/C10H20N2O4S/c1-3-11-10(13)12(5-6-16-2)9-4-7-17(14,15)8-9/h9H,3-8H2,1-2H3,(H,11,13). The van der Waals surface area contributed by atoms with Crippen molar-refractivity contribution in [2.45, 2.75) is 19.4 Å². The summed E-state index contributed by atoms with van der Waals surface area (Å²) in [6.07, 6.45) is 0.517. The highest BCUT2D eigenvalue weighted by molar-refractivity contribution is 7.91. The SMILES string of the molecule is CCNC(=O)N(CCOC)C1CCS(=O)(=O)C1. The van der Waals surface area contributed by atoms with E-state index in [0.29, 0.717) is 26.1 Å². The summed E-state index contributed by atoms with van der Waals surface area (Å²) in [7, 11) is -1.42. The summed E-state index contributed by atoms with van der Waals surface area (Å²) in [6.45, 7) is 3.19. The van der Waals surface area contributed by atoms with Crippen LogP contribution in [0.1, 0.15) is 13.3 Å². The molecule has 1 fully saturated rings. The number of urea groups is 1. The zero-order valence-corrected chi connectivity index (χ0v) is 11.1. The zero-order chi connectivity index (χ0) is 12.9. The minimum atomic E-state index is -2.98. The van der Waals surface area contributed by atoms with Crippen LogP contribution in [0.2, 0.25) is 0 Å². The molecule has 1 heterocycles. The first-order valence-electron chi connectivity index (χ1n) is 5.74. The van der Waals surface area contributed by atoms with E-state index in [-0.39, 0.29) is 23.6 Å². The fourth-order valence-electron chi connectivity index (χ4n) is 1.91. The number of amides is 2. The molecule has 1 N–H and O–H groups in total. The molecule has 0 radical (unpaired) electrons. The van der Waals surface area contributed by atoms with Crippen LogP contribution in [0, 0.1) is 0 Å². The molecule has 1 atom stereocenters. The predicted octanol–water partition coefficient (Wildman–Crippen LogP) is -0.149. The summed E-state index contributed by atoms with van der Waals surface area (Å²) in [5.74, 6) is 0.231. The van der Waals surface area contributed by atoms with Gasteiger partial charge in [0.2, 0.25) is 0 Å². The third-order valence-electron chi connectivity index (χ3n) is 2.77. The number of carbonyl (C=O) groups excluding carboxylic acids is 1. The van der Waals surface area contributed by atoms with Gasteiger partial charge in [-0.2, -0.15) is 0 Å². The van der Waals surface area contributed by atoms with E-state index in [1.54, 1.807) is 12.0 Å². The lowest BCUT2D eigenvalue weighted by Gasteiger charge is -2.27. The van der Waals surface area contributed by atoms with Crippen molar-refractivity contribution >= 4 is 15.9 Å². The number of ether oxygens (including phenoxy) is 1. The van der Waals surface area contributed by atoms with Gasteiger partial charge in [0.25, 0.3) is 0 Å². The van der Waals surface area contributed by atoms with E-state index in [4.69, 9.17) is 4.74 Å². The molecule has 2 amide bonds. The van der Waals surface area contributed by atoms with Gasteiger partial charge in [0.05, 0.1) is 18.1 Å². The average Bonchev–Trinajstić information content (AvgIpc) is 2.60. The van der Waals surface area contributed by atoms with Crippen LogP contribution in [0.5, 0.6) is 0 Å². The highest BCUT2D eigenvalue weighted by atomic mass is 32.2. The van der Waals surface area contributed by atoms with Crippen LogP contribution >= 0.6 is 0 Å². The second-order valence-corrected chi connectivity index (χ2v) is 6.31. The van der Waals surface area contributed by atoms with Crippen molar-refractivity contribution in [3.63, 3.8) is 0 Å². The monoisotopic (exact) mass is 264 g/mol. The lowest BCUT2D eigenvalue weighted by Crippen LogP contribution is -2.48. The van der Waals surface area contributed by atoms with Gasteiger partial charge in [-0.3, -0.25) is 0 Å². The molecule has 0 aromatic carbocycles. The Morgan fingerprint density at radius 1 is 1.53 bits per heavy atom. The minimum Gasteiger partial charge on any atom is -0.383 e. The van der Waals surface area contributed by atoms with E-state index in [1.165, 1.54) is 0 Å². The first kappa shape index (κ1) is 14.2. The van der Waals surface area contributed by atoms with Gasteiger partial charge >= 0.3 is 6.03 Å². The molecule has 6 nitrogen and oxygen atoms in total. The molecule has 7 heteroatoms. The minimum absolute atomic E-state index is 0.0633. The molecule has 0 bridgehead atoms. The van der Waals surface area contributed by atoms with Crippen LogP contribution in [0.15, 0.2) is 0 Å². The Kier molecular flexibility index (Phi) is 5.20. The van der Waals surface area contributed by atoms with Crippen molar-refractivity contribution < 1.29 is 17.9 Å². The normalized spacial score (nSPS) is 22.4. The topological polar surface area (TPSA) is 75.7 Å². The molecule has 0 saturated carbocycles. The maximum absolute atomic E-state index is 11.8. The molecule has 1 rings (SSSR count). The molecule has 100 valence electrons. The Labute approximate surface area is 102 Å². The van der Waals surface area contributed by atoms with Crippen LogP contribution in [0.4, 0.5) is 4.79 Å². The molecular formula is C10H20N2O4S. The summed E-state index contributed by atoms with van der Waals surface area (Å²) in [5, 5.41) is 2.70. The van der Waals surface area contributed by atoms with Gasteiger partial charge < -0.3 is 15.0 Å². The van der Waals surface area contributed by atoms with Gasteiger partial charge in [0.1, 0.15) is 0 Å². The highest BCUT2D eigenvalue weighted by Gasteiger charge is 2.34. The number of hydrogen-bond acceptors (Lipinski definition) is 4. The zero-order valence-electron chi connectivity index (χ0n) is 10.3. The van der Waals surface area contributed by atoms with Gasteiger partial charge in [0.15, 0.2) is 9.84 Å². The van der Waals surface area contributed by atoms with Gasteiger partial charge in [-0.15, -0.1) is 0 Å². The maximum Gasteiger partial charge on any atom is 0.317 e. The Morgan fingerprint density at radius 3 is 2.71 bits per heavy atom. The summed E-state index contributed by atoms with van der Waals surface area (Å²) in [6, 6.07) is -0.437. The largest absolute Gasteiger partial charge is 0.383 e. The fraction of sp³-hybridized carbons (Fsp3) is 0.900. The molecule has 0 aromatic heterocycles. The van der Waals surface area contributed by atoms with Crippen LogP contribution in [-0.4, -0.2) is 63.7 Å². The van der Waals surface area contributed by atoms with Crippen LogP contribution < -0.4 is 5.32 Å². The highest BCUT2D eigenvalue weighted by Crippen LogP contribution is 2.17. The number of methoxy groups -OCH3 is 1. The Balaban J connectivity index is 2.66. The van der Waals surface area contributed by atoms with Gasteiger partial charge in [-0.05, 0) is 13.3 Å². The lowest BCUT2D eigenvalue weighted by atomic mass is 10.2. The third-order valence-corrected chi connectivity index (χ3v) is 4.52. The van der Waals surface area contributed by atoms with E-state index in [2.05, 4.69) is 5.32 Å². The Morgan fingerprint density at radius 2 is 2.24 bits per heavy atom. The number of sulfone groups is 1. The fourth-order valence-corrected chi connectivity index (χ4v) is 3.64. The van der Waals surface area contributed by atoms with E-state index < -0.39 is 9.84 Å². The molecular weight excluding hydrogens is 244 g/mol. The predicted molar refractivity (Wildman–Crippen MR) is 64.7 cm³/mol. The lowest BCUT2D eigenvalue weighted by molar-refractivity contribution is 0.134. The molecule has 1 aliphatic heterocycles. The van der Waals surface area contributed by atoms with Crippen molar-refractivity contribution in [1.29, 1.82) is 0 Å². The first-order chi connectivity index (χ1) is 8.00. The molecule has 0 aromatic rings. The summed E-state index contributed by atoms with van der Waals surface area (Å²) in [4.78, 5) is 13.4. The van der Waals surface area contributed by atoms with E-state index in [9.17, 15) is 13.2 Å². The van der Waals surface area contributed by atoms with Crippen molar-refractivity contribution in [2.75, 3.05) is 38.3 Å². The number of nitrogens with one attached hydrogen (secondary N) is 1. The van der Waals surface area contributed by atoms with Crippen molar-refractivity contribution in [1.82, 2.24) is 10.2 Å². The van der Waals surface area contributed by atoms with Crippen molar-refractivity contribution in [2.24, 2.45) is 0 Å². The van der Waals surface area contributed by atoms with Gasteiger partial charge in [-0.1, -0.05) is 0 Å². The average molecular weight is 264 g/mol. The summed E-state index contributed by atoms with van der Waals surface area (Å²) in [5.41, 5.74) is 0. The summed E-state index contributed by atoms with van der Waals surface area (Å²) >= 11 is 0. The molecule has 0 spiro atoms. The van der Waals surface area contributed by atoms with Crippen LogP contribution in [0.3, 0.4) is 0 Å². The second kappa shape index (κ2) is 6.20. The van der Waals surface area contributed by atoms with E-state index in [0.717, 1.165) is 0 Å². The maximum atomic E-state index is 11.8. The van der Waals surface area contributed by atoms with E-state index in [1.807, 2.05) is 6.92 Å². The smallest absolute Gasteiger partial charge is 0.317 e. The molecule has 1 saturated heterocycles. The van der Waals surface area contributed by atoms with Crippen LogP contribution in [-0.2, 0) is 14.6 Å². The quantitative estimate of drug-likeness (QED) is 0.749. The number of hydrogen-bond donors (Lipinski definition) is 1. The Bertz CT molecular complexity index is 355. The van der Waals surface area contributed by atoms with Crippen molar-refractivity contribution in [3.8, 4) is 0 Å².